The maximum Gasteiger partial charge on any atom is 0.00390 e. The van der Waals surface area contributed by atoms with Crippen LogP contribution in [-0.4, -0.2) is 19.1 Å². The van der Waals surface area contributed by atoms with Gasteiger partial charge in [-0.1, -0.05) is 31.2 Å². The average molecular weight is 274 g/mol. The summed E-state index contributed by atoms with van der Waals surface area (Å²) in [6.07, 6.45) is 8.62. The molecule has 2 nitrogen and oxygen atoms in total. The molecule has 2 rings (SSSR count). The third-order valence-electron chi connectivity index (χ3n) is 4.54. The van der Waals surface area contributed by atoms with Gasteiger partial charge in [-0.05, 0) is 75.1 Å². The van der Waals surface area contributed by atoms with Gasteiger partial charge in [-0.25, -0.2) is 0 Å². The van der Waals surface area contributed by atoms with Crippen LogP contribution in [0.3, 0.4) is 0 Å². The molecule has 112 valence electrons. The Morgan fingerprint density at radius 1 is 1.15 bits per heavy atom. The van der Waals surface area contributed by atoms with Crippen LogP contribution in [0.2, 0.25) is 0 Å². The monoisotopic (exact) mass is 274 g/mol. The second-order valence-electron chi connectivity index (χ2n) is 6.26. The van der Waals surface area contributed by atoms with Crippen LogP contribution in [0.4, 0.5) is 0 Å². The van der Waals surface area contributed by atoms with Crippen LogP contribution in [0.1, 0.15) is 50.2 Å². The normalized spacial score (nSPS) is 22.9. The Labute approximate surface area is 124 Å². The van der Waals surface area contributed by atoms with Gasteiger partial charge in [0, 0.05) is 6.04 Å². The second kappa shape index (κ2) is 8.43. The molecule has 1 aliphatic carbocycles. The van der Waals surface area contributed by atoms with Crippen LogP contribution >= 0.6 is 0 Å². The molecule has 3 N–H and O–H groups in total. The number of hydrogen-bond acceptors (Lipinski definition) is 2. The smallest absolute Gasteiger partial charge is 0.00390 e. The van der Waals surface area contributed by atoms with E-state index in [4.69, 9.17) is 5.73 Å². The molecule has 0 amide bonds. The van der Waals surface area contributed by atoms with Crippen LogP contribution in [0, 0.1) is 5.92 Å². The standard InChI is InChI=1S/C18H30N2/c1-2-15-5-3-6-16(13-15)7-4-12-20-14-17-8-10-18(19)11-9-17/h3,5-6,13,17-18,20H,2,4,7-12,14,19H2,1H3. The van der Waals surface area contributed by atoms with Crippen molar-refractivity contribution in [1.82, 2.24) is 5.32 Å². The molecular formula is C18H30N2. The minimum atomic E-state index is 0.470. The van der Waals surface area contributed by atoms with Crippen molar-refractivity contribution in [2.24, 2.45) is 11.7 Å². The molecule has 1 aromatic carbocycles. The van der Waals surface area contributed by atoms with Crippen molar-refractivity contribution in [2.75, 3.05) is 13.1 Å². The molecular weight excluding hydrogens is 244 g/mol. The largest absolute Gasteiger partial charge is 0.328 e. The van der Waals surface area contributed by atoms with E-state index in [2.05, 4.69) is 36.5 Å². The molecule has 1 saturated carbocycles. The highest BCUT2D eigenvalue weighted by atomic mass is 14.9. The first-order valence-electron chi connectivity index (χ1n) is 8.32. The summed E-state index contributed by atoms with van der Waals surface area (Å²) in [6, 6.07) is 9.48. The van der Waals surface area contributed by atoms with Gasteiger partial charge in [0.2, 0.25) is 0 Å². The molecule has 0 unspecified atom stereocenters. The summed E-state index contributed by atoms with van der Waals surface area (Å²) < 4.78 is 0. The van der Waals surface area contributed by atoms with Crippen molar-refractivity contribution in [1.29, 1.82) is 0 Å². The lowest BCUT2D eigenvalue weighted by Crippen LogP contribution is -2.32. The zero-order valence-electron chi connectivity index (χ0n) is 12.9. The fourth-order valence-corrected chi connectivity index (χ4v) is 3.12. The van der Waals surface area contributed by atoms with E-state index in [-0.39, 0.29) is 0 Å². The molecule has 0 bridgehead atoms. The Kier molecular flexibility index (Phi) is 6.55. The van der Waals surface area contributed by atoms with Crippen molar-refractivity contribution < 1.29 is 0 Å². The van der Waals surface area contributed by atoms with E-state index in [0.717, 1.165) is 18.9 Å². The second-order valence-corrected chi connectivity index (χ2v) is 6.26. The third kappa shape index (κ3) is 5.26. The van der Waals surface area contributed by atoms with Crippen LogP contribution in [0.5, 0.6) is 0 Å². The van der Waals surface area contributed by atoms with Gasteiger partial charge in [-0.2, -0.15) is 0 Å². The predicted molar refractivity (Wildman–Crippen MR) is 86.9 cm³/mol. The molecule has 2 heteroatoms. The first kappa shape index (κ1) is 15.5. The number of hydrogen-bond donors (Lipinski definition) is 2. The minimum Gasteiger partial charge on any atom is -0.328 e. The van der Waals surface area contributed by atoms with E-state index in [0.29, 0.717) is 6.04 Å². The summed E-state index contributed by atoms with van der Waals surface area (Å²) in [5.74, 6) is 0.859. The number of nitrogens with one attached hydrogen (secondary N) is 1. The van der Waals surface area contributed by atoms with Crippen molar-refractivity contribution in [3.05, 3.63) is 35.4 Å². The fraction of sp³-hybridized carbons (Fsp3) is 0.667. The van der Waals surface area contributed by atoms with Crippen LogP contribution < -0.4 is 11.1 Å². The lowest BCUT2D eigenvalue weighted by Gasteiger charge is -2.26. The number of benzene rings is 1. The topological polar surface area (TPSA) is 38.0 Å². The Balaban J connectivity index is 1.57. The van der Waals surface area contributed by atoms with Crippen LogP contribution in [0.15, 0.2) is 24.3 Å². The van der Waals surface area contributed by atoms with Gasteiger partial charge in [0.15, 0.2) is 0 Å². The highest BCUT2D eigenvalue weighted by Gasteiger charge is 2.17. The van der Waals surface area contributed by atoms with Gasteiger partial charge in [-0.15, -0.1) is 0 Å². The van der Waals surface area contributed by atoms with Gasteiger partial charge in [0.25, 0.3) is 0 Å². The quantitative estimate of drug-likeness (QED) is 0.749. The van der Waals surface area contributed by atoms with E-state index < -0.39 is 0 Å². The van der Waals surface area contributed by atoms with Crippen LogP contribution in [0.25, 0.3) is 0 Å². The van der Waals surface area contributed by atoms with E-state index in [1.807, 2.05) is 0 Å². The summed E-state index contributed by atoms with van der Waals surface area (Å²) in [5.41, 5.74) is 8.87. The van der Waals surface area contributed by atoms with Crippen molar-refractivity contribution in [3.63, 3.8) is 0 Å². The van der Waals surface area contributed by atoms with E-state index in [1.165, 1.54) is 56.2 Å². The maximum absolute atomic E-state index is 5.94. The number of aryl methyl sites for hydroxylation is 2. The molecule has 1 fully saturated rings. The van der Waals surface area contributed by atoms with E-state index in [9.17, 15) is 0 Å². The summed E-state index contributed by atoms with van der Waals surface area (Å²) >= 11 is 0. The fourth-order valence-electron chi connectivity index (χ4n) is 3.12. The third-order valence-corrected chi connectivity index (χ3v) is 4.54. The highest BCUT2D eigenvalue weighted by Crippen LogP contribution is 2.22. The first-order valence-corrected chi connectivity index (χ1v) is 8.32. The molecule has 0 spiro atoms. The van der Waals surface area contributed by atoms with Gasteiger partial charge < -0.3 is 11.1 Å². The van der Waals surface area contributed by atoms with E-state index >= 15 is 0 Å². The molecule has 1 aliphatic rings. The number of rotatable bonds is 7. The molecule has 0 atom stereocenters. The van der Waals surface area contributed by atoms with Crippen molar-refractivity contribution in [3.8, 4) is 0 Å². The molecule has 0 aromatic heterocycles. The average Bonchev–Trinajstić information content (AvgIpc) is 2.49. The Hall–Kier alpha value is -0.860. The van der Waals surface area contributed by atoms with Gasteiger partial charge in [0.05, 0.1) is 0 Å². The van der Waals surface area contributed by atoms with Gasteiger partial charge >= 0.3 is 0 Å². The minimum absolute atomic E-state index is 0.470. The summed E-state index contributed by atoms with van der Waals surface area (Å²) in [7, 11) is 0. The maximum atomic E-state index is 5.94. The number of nitrogens with two attached hydrogens (primary N) is 1. The summed E-state index contributed by atoms with van der Waals surface area (Å²) in [4.78, 5) is 0. The first-order chi connectivity index (χ1) is 9.78. The lowest BCUT2D eigenvalue weighted by molar-refractivity contribution is 0.314. The zero-order valence-corrected chi connectivity index (χ0v) is 12.9. The SMILES string of the molecule is CCc1cccc(CCCNCC2CCC(N)CC2)c1. The molecule has 20 heavy (non-hydrogen) atoms. The molecule has 0 radical (unpaired) electrons. The molecule has 0 saturated heterocycles. The molecule has 1 aromatic rings. The Morgan fingerprint density at radius 2 is 1.90 bits per heavy atom. The van der Waals surface area contributed by atoms with E-state index in [1.54, 1.807) is 0 Å². The Bertz CT molecular complexity index is 381. The highest BCUT2D eigenvalue weighted by molar-refractivity contribution is 5.23. The Morgan fingerprint density at radius 3 is 2.65 bits per heavy atom. The molecule has 0 aliphatic heterocycles. The summed E-state index contributed by atoms with van der Waals surface area (Å²) in [6.45, 7) is 4.54. The summed E-state index contributed by atoms with van der Waals surface area (Å²) in [5, 5.41) is 3.63. The lowest BCUT2D eigenvalue weighted by atomic mass is 9.86. The van der Waals surface area contributed by atoms with Gasteiger partial charge in [-0.3, -0.25) is 0 Å². The predicted octanol–water partition coefficient (Wildman–Crippen LogP) is 3.29. The van der Waals surface area contributed by atoms with Crippen LogP contribution in [-0.2, 0) is 12.8 Å². The zero-order chi connectivity index (χ0) is 14.2. The van der Waals surface area contributed by atoms with Gasteiger partial charge in [0.1, 0.15) is 0 Å². The molecule has 0 heterocycles. The van der Waals surface area contributed by atoms with Crippen molar-refractivity contribution in [2.45, 2.75) is 57.9 Å². The van der Waals surface area contributed by atoms with Crippen molar-refractivity contribution >= 4 is 0 Å².